The predicted molar refractivity (Wildman–Crippen MR) is 72.1 cm³/mol. The second kappa shape index (κ2) is 6.97. The maximum absolute atomic E-state index is 11.6. The third-order valence-corrected chi connectivity index (χ3v) is 3.99. The summed E-state index contributed by atoms with van der Waals surface area (Å²) in [6.07, 6.45) is 0.922. The fraction of sp³-hybridized carbons (Fsp3) is 0.462. The molecule has 0 heterocycles. The SMILES string of the molecule is CC[C@H](C)C(=O)CSCc1ccccc1Cl. The smallest absolute Gasteiger partial charge is 0.145 e. The molecular formula is C13H17ClOS. The Morgan fingerprint density at radius 2 is 2.12 bits per heavy atom. The van der Waals surface area contributed by atoms with Crippen LogP contribution in [0.1, 0.15) is 25.8 Å². The van der Waals surface area contributed by atoms with E-state index in [1.54, 1.807) is 11.8 Å². The van der Waals surface area contributed by atoms with Gasteiger partial charge < -0.3 is 0 Å². The van der Waals surface area contributed by atoms with Gasteiger partial charge in [0.2, 0.25) is 0 Å². The minimum absolute atomic E-state index is 0.179. The van der Waals surface area contributed by atoms with Crippen molar-refractivity contribution in [3.8, 4) is 0 Å². The number of ketones is 1. The first kappa shape index (κ1) is 13.6. The van der Waals surface area contributed by atoms with Crippen molar-refractivity contribution in [3.05, 3.63) is 34.9 Å². The van der Waals surface area contributed by atoms with Crippen molar-refractivity contribution in [1.82, 2.24) is 0 Å². The number of benzene rings is 1. The average Bonchev–Trinajstić information content (AvgIpc) is 2.30. The molecule has 0 fully saturated rings. The Morgan fingerprint density at radius 3 is 2.75 bits per heavy atom. The van der Waals surface area contributed by atoms with Crippen LogP contribution >= 0.6 is 23.4 Å². The van der Waals surface area contributed by atoms with E-state index in [-0.39, 0.29) is 5.92 Å². The number of rotatable bonds is 6. The first-order valence-corrected chi connectivity index (χ1v) is 7.02. The van der Waals surface area contributed by atoms with E-state index in [9.17, 15) is 4.79 Å². The third kappa shape index (κ3) is 4.18. The van der Waals surface area contributed by atoms with Gasteiger partial charge in [0.05, 0.1) is 5.75 Å². The number of carbonyl (C=O) groups excluding carboxylic acids is 1. The van der Waals surface area contributed by atoms with Gasteiger partial charge in [0.25, 0.3) is 0 Å². The summed E-state index contributed by atoms with van der Waals surface area (Å²) in [7, 11) is 0. The quantitative estimate of drug-likeness (QED) is 0.759. The molecule has 0 radical (unpaired) electrons. The van der Waals surface area contributed by atoms with E-state index >= 15 is 0 Å². The molecule has 0 aromatic heterocycles. The Bertz CT molecular complexity index is 352. The molecule has 1 rings (SSSR count). The Morgan fingerprint density at radius 1 is 1.44 bits per heavy atom. The van der Waals surface area contributed by atoms with Crippen LogP contribution < -0.4 is 0 Å². The van der Waals surface area contributed by atoms with E-state index in [1.807, 2.05) is 38.1 Å². The molecule has 1 nitrogen and oxygen atoms in total. The van der Waals surface area contributed by atoms with Crippen LogP contribution in [0.15, 0.2) is 24.3 Å². The molecule has 0 aliphatic heterocycles. The van der Waals surface area contributed by atoms with Crippen molar-refractivity contribution < 1.29 is 4.79 Å². The maximum atomic E-state index is 11.6. The lowest BCUT2D eigenvalue weighted by molar-refractivity contribution is -0.119. The molecule has 16 heavy (non-hydrogen) atoms. The van der Waals surface area contributed by atoms with Crippen molar-refractivity contribution in [3.63, 3.8) is 0 Å². The highest BCUT2D eigenvalue weighted by molar-refractivity contribution is 7.99. The molecule has 1 aromatic rings. The molecule has 0 N–H and O–H groups in total. The first-order valence-electron chi connectivity index (χ1n) is 5.49. The van der Waals surface area contributed by atoms with Gasteiger partial charge in [-0.1, -0.05) is 43.6 Å². The Balaban J connectivity index is 2.36. The van der Waals surface area contributed by atoms with Crippen molar-refractivity contribution in [2.24, 2.45) is 5.92 Å². The molecule has 3 heteroatoms. The lowest BCUT2D eigenvalue weighted by atomic mass is 10.1. The lowest BCUT2D eigenvalue weighted by Crippen LogP contribution is -2.12. The van der Waals surface area contributed by atoms with Gasteiger partial charge >= 0.3 is 0 Å². The van der Waals surface area contributed by atoms with E-state index < -0.39 is 0 Å². The molecule has 0 spiro atoms. The molecule has 0 aliphatic carbocycles. The van der Waals surface area contributed by atoms with Gasteiger partial charge in [0.15, 0.2) is 0 Å². The molecule has 0 amide bonds. The number of thioether (sulfide) groups is 1. The zero-order valence-corrected chi connectivity index (χ0v) is 11.3. The Hall–Kier alpha value is -0.470. The van der Waals surface area contributed by atoms with Crippen LogP contribution in [0.5, 0.6) is 0 Å². The summed E-state index contributed by atoms with van der Waals surface area (Å²) < 4.78 is 0. The Kier molecular flexibility index (Phi) is 5.93. The van der Waals surface area contributed by atoms with Gasteiger partial charge in [-0.25, -0.2) is 0 Å². The van der Waals surface area contributed by atoms with E-state index in [0.717, 1.165) is 22.8 Å². The normalized spacial score (nSPS) is 12.4. The molecule has 0 unspecified atom stereocenters. The zero-order valence-electron chi connectivity index (χ0n) is 9.70. The second-order valence-corrected chi connectivity index (χ2v) is 5.25. The molecule has 1 atom stereocenters. The summed E-state index contributed by atoms with van der Waals surface area (Å²) in [5, 5.41) is 0.783. The van der Waals surface area contributed by atoms with Crippen LogP contribution in [0, 0.1) is 5.92 Å². The number of hydrogen-bond acceptors (Lipinski definition) is 2. The summed E-state index contributed by atoms with van der Waals surface area (Å²) in [6.45, 7) is 4.03. The minimum atomic E-state index is 0.179. The molecule has 0 saturated heterocycles. The third-order valence-electron chi connectivity index (χ3n) is 2.62. The summed E-state index contributed by atoms with van der Waals surface area (Å²) >= 11 is 7.67. The van der Waals surface area contributed by atoms with E-state index in [4.69, 9.17) is 11.6 Å². The molecule has 1 aromatic carbocycles. The van der Waals surface area contributed by atoms with E-state index in [0.29, 0.717) is 11.5 Å². The highest BCUT2D eigenvalue weighted by Gasteiger charge is 2.10. The number of halogens is 1. The van der Waals surface area contributed by atoms with Crippen LogP contribution in [0.4, 0.5) is 0 Å². The van der Waals surface area contributed by atoms with Gasteiger partial charge in [-0.2, -0.15) is 0 Å². The van der Waals surface area contributed by atoms with Crippen molar-refractivity contribution in [1.29, 1.82) is 0 Å². The first-order chi connectivity index (χ1) is 7.65. The van der Waals surface area contributed by atoms with Gasteiger partial charge in [-0.05, 0) is 18.1 Å². The number of Topliss-reactive ketones (excluding diaryl/α,β-unsaturated/α-hetero) is 1. The minimum Gasteiger partial charge on any atom is -0.298 e. The predicted octanol–water partition coefficient (Wildman–Crippen LogP) is 4.19. The van der Waals surface area contributed by atoms with E-state index in [1.165, 1.54) is 0 Å². The van der Waals surface area contributed by atoms with Crippen LogP contribution in [-0.4, -0.2) is 11.5 Å². The summed E-state index contributed by atoms with van der Waals surface area (Å²) in [4.78, 5) is 11.6. The molecule has 0 saturated carbocycles. The van der Waals surface area contributed by atoms with Gasteiger partial charge in [-0.3, -0.25) is 4.79 Å². The summed E-state index contributed by atoms with van der Waals surface area (Å²) in [5.74, 6) is 1.90. The molecule has 0 aliphatic rings. The van der Waals surface area contributed by atoms with Crippen LogP contribution in [0.25, 0.3) is 0 Å². The lowest BCUT2D eigenvalue weighted by Gasteiger charge is -2.07. The zero-order chi connectivity index (χ0) is 12.0. The maximum Gasteiger partial charge on any atom is 0.145 e. The van der Waals surface area contributed by atoms with Crippen molar-refractivity contribution >= 4 is 29.1 Å². The summed E-state index contributed by atoms with van der Waals surface area (Å²) in [5.41, 5.74) is 1.10. The summed E-state index contributed by atoms with van der Waals surface area (Å²) in [6, 6.07) is 7.77. The van der Waals surface area contributed by atoms with Crippen LogP contribution in [0.2, 0.25) is 5.02 Å². The highest BCUT2D eigenvalue weighted by Crippen LogP contribution is 2.21. The fourth-order valence-corrected chi connectivity index (χ4v) is 2.59. The van der Waals surface area contributed by atoms with Gasteiger partial charge in [0, 0.05) is 16.7 Å². The largest absolute Gasteiger partial charge is 0.298 e. The van der Waals surface area contributed by atoms with Gasteiger partial charge in [0.1, 0.15) is 5.78 Å². The average molecular weight is 257 g/mol. The standard InChI is InChI=1S/C13H17ClOS/c1-3-10(2)13(15)9-16-8-11-6-4-5-7-12(11)14/h4-7,10H,3,8-9H2,1-2H3/t10-/m0/s1. The topological polar surface area (TPSA) is 17.1 Å². The van der Waals surface area contributed by atoms with E-state index in [2.05, 4.69) is 0 Å². The highest BCUT2D eigenvalue weighted by atomic mass is 35.5. The van der Waals surface area contributed by atoms with Crippen molar-refractivity contribution in [2.45, 2.75) is 26.0 Å². The van der Waals surface area contributed by atoms with Crippen LogP contribution in [0.3, 0.4) is 0 Å². The molecular weight excluding hydrogens is 240 g/mol. The Labute approximate surface area is 107 Å². The van der Waals surface area contributed by atoms with Crippen molar-refractivity contribution in [2.75, 3.05) is 5.75 Å². The van der Waals surface area contributed by atoms with Gasteiger partial charge in [-0.15, -0.1) is 11.8 Å². The fourth-order valence-electron chi connectivity index (χ4n) is 1.25. The molecule has 88 valence electrons. The molecule has 0 bridgehead atoms. The second-order valence-electron chi connectivity index (χ2n) is 3.86. The number of hydrogen-bond donors (Lipinski definition) is 0. The van der Waals surface area contributed by atoms with Crippen LogP contribution in [-0.2, 0) is 10.5 Å². The number of carbonyl (C=O) groups is 1. The monoisotopic (exact) mass is 256 g/mol.